The van der Waals surface area contributed by atoms with Crippen LogP contribution in [-0.4, -0.2) is 11.0 Å². The van der Waals surface area contributed by atoms with E-state index in [0.29, 0.717) is 11.0 Å². The molecule has 0 fully saturated rings. The van der Waals surface area contributed by atoms with Crippen LogP contribution in [0.5, 0.6) is 0 Å². The van der Waals surface area contributed by atoms with Crippen molar-refractivity contribution in [3.63, 3.8) is 0 Å². The lowest BCUT2D eigenvalue weighted by Crippen LogP contribution is -2.22. The minimum atomic E-state index is -0.0871. The molecule has 2 aromatic carbocycles. The highest BCUT2D eigenvalue weighted by Crippen LogP contribution is 2.40. The summed E-state index contributed by atoms with van der Waals surface area (Å²) in [6, 6.07) is 17.7. The second kappa shape index (κ2) is 8.98. The normalized spacial score (nSPS) is 15.2. The van der Waals surface area contributed by atoms with E-state index in [1.54, 1.807) is 11.3 Å². The molecule has 3 N–H and O–H groups in total. The molecule has 1 aliphatic rings. The van der Waals surface area contributed by atoms with Gasteiger partial charge in [-0.3, -0.25) is 4.79 Å². The number of thiocarbonyl (C=S) groups is 1. The van der Waals surface area contributed by atoms with Crippen molar-refractivity contribution < 1.29 is 4.79 Å². The SMILES string of the molecule is Cc1ccc(NC(=O)c2c(NC(=S)Nc3ccccc3)sc3c2CCC(C)C3)cc1. The number of anilines is 3. The highest BCUT2D eigenvalue weighted by molar-refractivity contribution is 7.80. The number of para-hydroxylation sites is 1. The third-order valence-corrected chi connectivity index (χ3v) is 6.68. The Balaban J connectivity index is 1.60. The number of hydrogen-bond donors (Lipinski definition) is 3. The highest BCUT2D eigenvalue weighted by atomic mass is 32.1. The molecular weight excluding hydrogens is 410 g/mol. The van der Waals surface area contributed by atoms with E-state index in [0.717, 1.165) is 52.3 Å². The molecule has 6 heteroatoms. The van der Waals surface area contributed by atoms with E-state index in [4.69, 9.17) is 12.2 Å². The van der Waals surface area contributed by atoms with Crippen LogP contribution in [0.4, 0.5) is 16.4 Å². The van der Waals surface area contributed by atoms with Crippen LogP contribution in [0, 0.1) is 12.8 Å². The van der Waals surface area contributed by atoms with Gasteiger partial charge in [-0.15, -0.1) is 11.3 Å². The van der Waals surface area contributed by atoms with Crippen LogP contribution in [0.2, 0.25) is 0 Å². The zero-order valence-corrected chi connectivity index (χ0v) is 18.8. The Morgan fingerprint density at radius 2 is 1.70 bits per heavy atom. The lowest BCUT2D eigenvalue weighted by Gasteiger charge is -2.18. The fraction of sp³-hybridized carbons (Fsp3) is 0.250. The Kier molecular flexibility index (Phi) is 6.16. The van der Waals surface area contributed by atoms with Crippen molar-refractivity contribution in [2.45, 2.75) is 33.1 Å². The molecular formula is C24H25N3OS2. The van der Waals surface area contributed by atoms with Crippen LogP contribution in [-0.2, 0) is 12.8 Å². The van der Waals surface area contributed by atoms with Gasteiger partial charge in [-0.25, -0.2) is 0 Å². The number of amides is 1. The lowest BCUT2D eigenvalue weighted by atomic mass is 9.88. The highest BCUT2D eigenvalue weighted by Gasteiger charge is 2.28. The van der Waals surface area contributed by atoms with Crippen LogP contribution in [0.1, 0.15) is 39.7 Å². The zero-order chi connectivity index (χ0) is 21.1. The zero-order valence-electron chi connectivity index (χ0n) is 17.1. The number of thiophene rings is 1. The maximum atomic E-state index is 13.3. The third kappa shape index (κ3) is 4.71. The first-order valence-corrected chi connectivity index (χ1v) is 11.4. The molecule has 0 aliphatic heterocycles. The molecule has 0 saturated carbocycles. The second-order valence-corrected chi connectivity index (χ2v) is 9.33. The van der Waals surface area contributed by atoms with Gasteiger partial charge in [0.25, 0.3) is 5.91 Å². The van der Waals surface area contributed by atoms with Gasteiger partial charge >= 0.3 is 0 Å². The first-order chi connectivity index (χ1) is 14.5. The number of fused-ring (bicyclic) bond motifs is 1. The molecule has 0 saturated heterocycles. The van der Waals surface area contributed by atoms with Gasteiger partial charge in [0.05, 0.1) is 5.56 Å². The standard InChI is InChI=1S/C24H25N3OS2/c1-15-8-11-18(12-9-15)25-22(28)21-19-13-10-16(2)14-20(19)30-23(21)27-24(29)26-17-6-4-3-5-7-17/h3-9,11-12,16H,10,13-14H2,1-2H3,(H,25,28)(H2,26,27,29). The maximum absolute atomic E-state index is 13.3. The largest absolute Gasteiger partial charge is 0.332 e. The number of carbonyl (C=O) groups excluding carboxylic acids is 1. The average molecular weight is 436 g/mol. The number of rotatable bonds is 4. The number of carbonyl (C=O) groups is 1. The molecule has 154 valence electrons. The third-order valence-electron chi connectivity index (χ3n) is 5.31. The van der Waals surface area contributed by atoms with Crippen LogP contribution >= 0.6 is 23.6 Å². The smallest absolute Gasteiger partial charge is 0.258 e. The van der Waals surface area contributed by atoms with Crippen molar-refractivity contribution in [1.29, 1.82) is 0 Å². The molecule has 0 radical (unpaired) electrons. The molecule has 1 aliphatic carbocycles. The molecule has 0 spiro atoms. The fourth-order valence-corrected chi connectivity index (χ4v) is 5.39. The van der Waals surface area contributed by atoms with Crippen molar-refractivity contribution in [3.05, 3.63) is 76.2 Å². The second-order valence-electron chi connectivity index (χ2n) is 7.82. The van der Waals surface area contributed by atoms with Crippen LogP contribution < -0.4 is 16.0 Å². The molecule has 1 heterocycles. The first-order valence-electron chi connectivity index (χ1n) is 10.1. The van der Waals surface area contributed by atoms with E-state index in [1.165, 1.54) is 4.88 Å². The molecule has 4 rings (SSSR count). The summed E-state index contributed by atoms with van der Waals surface area (Å²) in [5.74, 6) is 0.544. The summed E-state index contributed by atoms with van der Waals surface area (Å²) >= 11 is 7.17. The van der Waals surface area contributed by atoms with Crippen LogP contribution in [0.25, 0.3) is 0 Å². The first kappa shape index (κ1) is 20.6. The Hall–Kier alpha value is -2.70. The molecule has 1 aromatic heterocycles. The molecule has 30 heavy (non-hydrogen) atoms. The predicted molar refractivity (Wildman–Crippen MR) is 131 cm³/mol. The average Bonchev–Trinajstić information content (AvgIpc) is 3.07. The number of hydrogen-bond acceptors (Lipinski definition) is 3. The van der Waals surface area contributed by atoms with E-state index >= 15 is 0 Å². The fourth-order valence-electron chi connectivity index (χ4n) is 3.70. The summed E-state index contributed by atoms with van der Waals surface area (Å²) in [4.78, 5) is 14.6. The summed E-state index contributed by atoms with van der Waals surface area (Å²) in [6.07, 6.45) is 3.02. The quantitative estimate of drug-likeness (QED) is 0.425. The summed E-state index contributed by atoms with van der Waals surface area (Å²) in [5.41, 5.74) is 4.75. The van der Waals surface area contributed by atoms with Crippen molar-refractivity contribution in [1.82, 2.24) is 0 Å². The Morgan fingerprint density at radius 1 is 1.00 bits per heavy atom. The van der Waals surface area contributed by atoms with Gasteiger partial charge in [0.15, 0.2) is 5.11 Å². The van der Waals surface area contributed by atoms with Crippen molar-refractivity contribution in [3.8, 4) is 0 Å². The Bertz CT molecular complexity index is 1060. The Morgan fingerprint density at radius 3 is 2.43 bits per heavy atom. The summed E-state index contributed by atoms with van der Waals surface area (Å²) < 4.78 is 0. The van der Waals surface area contributed by atoms with E-state index in [-0.39, 0.29) is 5.91 Å². The van der Waals surface area contributed by atoms with Gasteiger partial charge in [0, 0.05) is 16.3 Å². The summed E-state index contributed by atoms with van der Waals surface area (Å²) in [6.45, 7) is 4.30. The van der Waals surface area contributed by atoms with Crippen molar-refractivity contribution in [2.24, 2.45) is 5.92 Å². The molecule has 1 amide bonds. The summed E-state index contributed by atoms with van der Waals surface area (Å²) in [5, 5.41) is 10.8. The van der Waals surface area contributed by atoms with E-state index in [1.807, 2.05) is 61.5 Å². The minimum Gasteiger partial charge on any atom is -0.332 e. The van der Waals surface area contributed by atoms with E-state index < -0.39 is 0 Å². The Labute approximate surface area is 186 Å². The number of aryl methyl sites for hydroxylation is 1. The molecule has 0 bridgehead atoms. The maximum Gasteiger partial charge on any atom is 0.258 e. The van der Waals surface area contributed by atoms with E-state index in [9.17, 15) is 4.79 Å². The van der Waals surface area contributed by atoms with Gasteiger partial charge in [-0.1, -0.05) is 42.8 Å². The molecule has 1 atom stereocenters. The van der Waals surface area contributed by atoms with Crippen LogP contribution in [0.15, 0.2) is 54.6 Å². The topological polar surface area (TPSA) is 53.2 Å². The number of nitrogens with one attached hydrogen (secondary N) is 3. The van der Waals surface area contributed by atoms with Gasteiger partial charge in [-0.2, -0.15) is 0 Å². The molecule has 3 aromatic rings. The number of benzene rings is 2. The van der Waals surface area contributed by atoms with Crippen molar-refractivity contribution in [2.75, 3.05) is 16.0 Å². The van der Waals surface area contributed by atoms with E-state index in [2.05, 4.69) is 22.9 Å². The summed E-state index contributed by atoms with van der Waals surface area (Å²) in [7, 11) is 0. The van der Waals surface area contributed by atoms with Gasteiger partial charge < -0.3 is 16.0 Å². The lowest BCUT2D eigenvalue weighted by molar-refractivity contribution is 0.102. The molecule has 4 nitrogen and oxygen atoms in total. The van der Waals surface area contributed by atoms with Gasteiger partial charge in [0.1, 0.15) is 5.00 Å². The van der Waals surface area contributed by atoms with Crippen LogP contribution in [0.3, 0.4) is 0 Å². The minimum absolute atomic E-state index is 0.0871. The monoisotopic (exact) mass is 435 g/mol. The molecule has 1 unspecified atom stereocenters. The van der Waals surface area contributed by atoms with Gasteiger partial charge in [-0.05, 0) is 74.2 Å². The van der Waals surface area contributed by atoms with Gasteiger partial charge in [0.2, 0.25) is 0 Å². The van der Waals surface area contributed by atoms with Crippen molar-refractivity contribution >= 4 is 51.0 Å². The predicted octanol–water partition coefficient (Wildman–Crippen LogP) is 6.24.